The van der Waals surface area contributed by atoms with Crippen LogP contribution in [0.3, 0.4) is 0 Å². The smallest absolute Gasteiger partial charge is 0.282 e. The van der Waals surface area contributed by atoms with E-state index < -0.39 is 0 Å². The summed E-state index contributed by atoms with van der Waals surface area (Å²) in [5.41, 5.74) is 3.53. The zero-order chi connectivity index (χ0) is 19.2. The standard InChI is InChI=1S/C22H29N3O2/c1-17-8-4-5-9-19(17)16-24-12-14-25(15-13-24)18(2)22(26)23-20-10-6-7-11-21(20)27-3/h4-11,18H,12-16H2,1-3H3,(H,23,26)/p+2/t18-/m0/s1. The molecule has 2 aromatic carbocycles. The number of carbonyl (C=O) groups is 1. The zero-order valence-corrected chi connectivity index (χ0v) is 16.5. The van der Waals surface area contributed by atoms with Gasteiger partial charge in [0, 0.05) is 5.56 Å². The van der Waals surface area contributed by atoms with Crippen LogP contribution in [-0.2, 0) is 11.3 Å². The fraction of sp³-hybridized carbons (Fsp3) is 0.409. The summed E-state index contributed by atoms with van der Waals surface area (Å²) >= 11 is 0. The maximum atomic E-state index is 12.7. The molecule has 3 N–H and O–H groups in total. The number of aryl methyl sites for hydroxylation is 1. The van der Waals surface area contributed by atoms with Gasteiger partial charge in [-0.15, -0.1) is 0 Å². The largest absolute Gasteiger partial charge is 0.495 e. The van der Waals surface area contributed by atoms with E-state index in [2.05, 4.69) is 36.5 Å². The van der Waals surface area contributed by atoms with E-state index in [0.29, 0.717) is 5.75 Å². The van der Waals surface area contributed by atoms with Crippen molar-refractivity contribution in [3.63, 3.8) is 0 Å². The first-order valence-corrected chi connectivity index (χ1v) is 9.75. The molecule has 1 atom stereocenters. The summed E-state index contributed by atoms with van der Waals surface area (Å²) in [5, 5.41) is 3.03. The van der Waals surface area contributed by atoms with E-state index in [9.17, 15) is 4.79 Å². The van der Waals surface area contributed by atoms with Crippen molar-refractivity contribution < 1.29 is 19.3 Å². The van der Waals surface area contributed by atoms with E-state index in [-0.39, 0.29) is 11.9 Å². The average Bonchev–Trinajstić information content (AvgIpc) is 2.70. The Kier molecular flexibility index (Phi) is 6.48. The monoisotopic (exact) mass is 369 g/mol. The predicted molar refractivity (Wildman–Crippen MR) is 107 cm³/mol. The molecule has 0 aliphatic carbocycles. The minimum atomic E-state index is -0.0741. The fourth-order valence-corrected chi connectivity index (χ4v) is 3.79. The second-order valence-corrected chi connectivity index (χ2v) is 7.42. The first-order valence-electron chi connectivity index (χ1n) is 9.75. The number of carbonyl (C=O) groups excluding carboxylic acids is 1. The number of ether oxygens (including phenoxy) is 1. The van der Waals surface area contributed by atoms with Crippen LogP contribution in [0, 0.1) is 6.92 Å². The minimum absolute atomic E-state index is 0.0526. The Morgan fingerprint density at radius 2 is 1.74 bits per heavy atom. The Hall–Kier alpha value is -2.37. The van der Waals surface area contributed by atoms with Crippen LogP contribution in [0.2, 0.25) is 0 Å². The molecular weight excluding hydrogens is 338 g/mol. The molecule has 0 radical (unpaired) electrons. The van der Waals surface area contributed by atoms with Crippen LogP contribution in [0.15, 0.2) is 48.5 Å². The van der Waals surface area contributed by atoms with E-state index in [1.807, 2.05) is 31.2 Å². The molecular formula is C22H31N3O2+2. The third-order valence-corrected chi connectivity index (χ3v) is 5.67. The van der Waals surface area contributed by atoms with E-state index in [0.717, 1.165) is 38.4 Å². The Morgan fingerprint density at radius 1 is 1.07 bits per heavy atom. The molecule has 1 aliphatic rings. The number of anilines is 1. The van der Waals surface area contributed by atoms with Crippen molar-refractivity contribution >= 4 is 11.6 Å². The van der Waals surface area contributed by atoms with Crippen molar-refractivity contribution in [3.05, 3.63) is 59.7 Å². The highest BCUT2D eigenvalue weighted by atomic mass is 16.5. The third kappa shape index (κ3) is 4.87. The normalized spacial score (nSPS) is 20.7. The van der Waals surface area contributed by atoms with Crippen LogP contribution in [0.25, 0.3) is 0 Å². The van der Waals surface area contributed by atoms with Gasteiger partial charge in [-0.25, -0.2) is 0 Å². The number of hydrogen-bond donors (Lipinski definition) is 3. The van der Waals surface area contributed by atoms with Gasteiger partial charge in [0.05, 0.1) is 12.8 Å². The van der Waals surface area contributed by atoms with Crippen LogP contribution in [0.1, 0.15) is 18.1 Å². The SMILES string of the molecule is COc1ccccc1NC(=O)[C@H](C)[NH+]1CC[NH+](Cc2ccccc2C)CC1. The van der Waals surface area contributed by atoms with Crippen LogP contribution in [0.5, 0.6) is 5.75 Å². The summed E-state index contributed by atoms with van der Waals surface area (Å²) in [6.45, 7) is 9.49. The van der Waals surface area contributed by atoms with Gasteiger partial charge in [0.1, 0.15) is 38.5 Å². The number of nitrogens with one attached hydrogen (secondary N) is 3. The molecule has 27 heavy (non-hydrogen) atoms. The number of methoxy groups -OCH3 is 1. The Morgan fingerprint density at radius 3 is 2.44 bits per heavy atom. The summed E-state index contributed by atoms with van der Waals surface area (Å²) in [4.78, 5) is 15.7. The molecule has 1 fully saturated rings. The van der Waals surface area contributed by atoms with Crippen LogP contribution in [-0.4, -0.2) is 45.2 Å². The summed E-state index contributed by atoms with van der Waals surface area (Å²) in [7, 11) is 1.62. The minimum Gasteiger partial charge on any atom is -0.495 e. The summed E-state index contributed by atoms with van der Waals surface area (Å²) < 4.78 is 5.33. The molecule has 0 spiro atoms. The van der Waals surface area contributed by atoms with Gasteiger partial charge in [-0.05, 0) is 31.5 Å². The predicted octanol–water partition coefficient (Wildman–Crippen LogP) is 0.314. The van der Waals surface area contributed by atoms with E-state index >= 15 is 0 Å². The molecule has 1 aliphatic heterocycles. The summed E-state index contributed by atoms with van der Waals surface area (Å²) in [5.74, 6) is 0.748. The van der Waals surface area contributed by atoms with Crippen molar-refractivity contribution in [3.8, 4) is 5.75 Å². The van der Waals surface area contributed by atoms with Crippen LogP contribution < -0.4 is 19.9 Å². The number of piperazine rings is 1. The van der Waals surface area contributed by atoms with Crippen molar-refractivity contribution in [2.75, 3.05) is 38.6 Å². The van der Waals surface area contributed by atoms with Gasteiger partial charge < -0.3 is 19.9 Å². The maximum Gasteiger partial charge on any atom is 0.282 e. The highest BCUT2D eigenvalue weighted by Gasteiger charge is 2.31. The number of benzene rings is 2. The highest BCUT2D eigenvalue weighted by molar-refractivity contribution is 5.94. The van der Waals surface area contributed by atoms with Crippen molar-refractivity contribution in [2.45, 2.75) is 26.4 Å². The summed E-state index contributed by atoms with van der Waals surface area (Å²) in [6.07, 6.45) is 0. The number of rotatable bonds is 6. The number of amides is 1. The molecule has 0 unspecified atom stereocenters. The first-order chi connectivity index (χ1) is 13.1. The quantitative estimate of drug-likeness (QED) is 0.687. The van der Waals surface area contributed by atoms with Gasteiger partial charge in [-0.2, -0.15) is 0 Å². The molecule has 0 saturated carbocycles. The van der Waals surface area contributed by atoms with Gasteiger partial charge in [-0.3, -0.25) is 4.79 Å². The van der Waals surface area contributed by atoms with Crippen LogP contribution in [0.4, 0.5) is 5.69 Å². The molecule has 3 rings (SSSR count). The first kappa shape index (κ1) is 19.4. The number of para-hydroxylation sites is 2. The van der Waals surface area contributed by atoms with Gasteiger partial charge in [0.2, 0.25) is 0 Å². The van der Waals surface area contributed by atoms with Crippen molar-refractivity contribution in [2.24, 2.45) is 0 Å². The molecule has 1 saturated heterocycles. The molecule has 2 aromatic rings. The summed E-state index contributed by atoms with van der Waals surface area (Å²) in [6, 6.07) is 16.1. The Bertz CT molecular complexity index is 770. The van der Waals surface area contributed by atoms with Gasteiger partial charge in [0.15, 0.2) is 6.04 Å². The number of hydrogen-bond acceptors (Lipinski definition) is 2. The lowest BCUT2D eigenvalue weighted by Crippen LogP contribution is -3.29. The third-order valence-electron chi connectivity index (χ3n) is 5.67. The molecule has 0 bridgehead atoms. The molecule has 5 heteroatoms. The fourth-order valence-electron chi connectivity index (χ4n) is 3.79. The second kappa shape index (κ2) is 9.02. The molecule has 144 valence electrons. The van der Waals surface area contributed by atoms with Crippen LogP contribution >= 0.6 is 0 Å². The van der Waals surface area contributed by atoms with E-state index in [4.69, 9.17) is 4.74 Å². The maximum absolute atomic E-state index is 12.7. The lowest BCUT2D eigenvalue weighted by Gasteiger charge is -2.32. The lowest BCUT2D eigenvalue weighted by atomic mass is 10.1. The molecule has 0 aromatic heterocycles. The molecule has 1 amide bonds. The van der Waals surface area contributed by atoms with Gasteiger partial charge in [-0.1, -0.05) is 36.4 Å². The van der Waals surface area contributed by atoms with Gasteiger partial charge in [0.25, 0.3) is 5.91 Å². The van der Waals surface area contributed by atoms with E-state index in [1.165, 1.54) is 16.0 Å². The van der Waals surface area contributed by atoms with E-state index in [1.54, 1.807) is 12.0 Å². The Labute approximate surface area is 161 Å². The van der Waals surface area contributed by atoms with Crippen molar-refractivity contribution in [1.82, 2.24) is 0 Å². The zero-order valence-electron chi connectivity index (χ0n) is 16.5. The molecule has 5 nitrogen and oxygen atoms in total. The lowest BCUT2D eigenvalue weighted by molar-refractivity contribution is -1.02. The average molecular weight is 370 g/mol. The number of quaternary nitrogens is 2. The van der Waals surface area contributed by atoms with Gasteiger partial charge >= 0.3 is 0 Å². The second-order valence-electron chi connectivity index (χ2n) is 7.42. The van der Waals surface area contributed by atoms with Crippen molar-refractivity contribution in [1.29, 1.82) is 0 Å². The topological polar surface area (TPSA) is 47.2 Å². The molecule has 1 heterocycles. The Balaban J connectivity index is 1.52. The highest BCUT2D eigenvalue weighted by Crippen LogP contribution is 2.22.